The van der Waals surface area contributed by atoms with Crippen LogP contribution in [0.1, 0.15) is 32.2 Å². The first kappa shape index (κ1) is 13.9. The lowest BCUT2D eigenvalue weighted by Crippen LogP contribution is -2.43. The molecule has 2 atom stereocenters. The lowest BCUT2D eigenvalue weighted by atomic mass is 10.2. The number of hydrogen-bond donors (Lipinski definition) is 1. The van der Waals surface area contributed by atoms with Gasteiger partial charge in [0.25, 0.3) is 0 Å². The van der Waals surface area contributed by atoms with E-state index in [9.17, 15) is 0 Å². The van der Waals surface area contributed by atoms with Gasteiger partial charge in [0.1, 0.15) is 0 Å². The van der Waals surface area contributed by atoms with Crippen molar-refractivity contribution in [2.75, 3.05) is 18.8 Å². The standard InChI is InChI=1S/C13H23N3OS/c1-4-14-8-12-7-13(17-15-12)9-16-5-6-18-11(3)10(16)2/h7,10-11,14H,4-6,8-9H2,1-3H3. The van der Waals surface area contributed by atoms with Gasteiger partial charge in [-0.1, -0.05) is 19.0 Å². The van der Waals surface area contributed by atoms with Crippen molar-refractivity contribution in [2.24, 2.45) is 0 Å². The van der Waals surface area contributed by atoms with Crippen LogP contribution in [0.5, 0.6) is 0 Å². The van der Waals surface area contributed by atoms with Crippen LogP contribution in [0.2, 0.25) is 0 Å². The molecule has 18 heavy (non-hydrogen) atoms. The molecule has 0 bridgehead atoms. The molecule has 2 unspecified atom stereocenters. The molecule has 0 saturated carbocycles. The highest BCUT2D eigenvalue weighted by atomic mass is 32.2. The van der Waals surface area contributed by atoms with Crippen molar-refractivity contribution in [3.05, 3.63) is 17.5 Å². The van der Waals surface area contributed by atoms with Gasteiger partial charge < -0.3 is 9.84 Å². The van der Waals surface area contributed by atoms with Crippen LogP contribution < -0.4 is 5.32 Å². The Morgan fingerprint density at radius 2 is 2.39 bits per heavy atom. The zero-order valence-corrected chi connectivity index (χ0v) is 12.3. The number of aromatic nitrogens is 1. The molecule has 0 radical (unpaired) electrons. The Labute approximate surface area is 113 Å². The van der Waals surface area contributed by atoms with Gasteiger partial charge in [-0.25, -0.2) is 0 Å². The summed E-state index contributed by atoms with van der Waals surface area (Å²) >= 11 is 2.06. The van der Waals surface area contributed by atoms with Gasteiger partial charge in [-0.05, 0) is 13.5 Å². The Balaban J connectivity index is 1.90. The van der Waals surface area contributed by atoms with Gasteiger partial charge in [0.05, 0.1) is 12.2 Å². The van der Waals surface area contributed by atoms with Crippen molar-refractivity contribution >= 4 is 11.8 Å². The highest BCUT2D eigenvalue weighted by Crippen LogP contribution is 2.25. The van der Waals surface area contributed by atoms with E-state index in [0.29, 0.717) is 11.3 Å². The summed E-state index contributed by atoms with van der Waals surface area (Å²) in [5, 5.41) is 8.05. The molecule has 1 N–H and O–H groups in total. The Bertz CT molecular complexity index is 369. The van der Waals surface area contributed by atoms with Crippen molar-refractivity contribution in [3.63, 3.8) is 0 Å². The van der Waals surface area contributed by atoms with Gasteiger partial charge in [0, 0.05) is 36.2 Å². The molecule has 4 nitrogen and oxygen atoms in total. The van der Waals surface area contributed by atoms with E-state index in [1.54, 1.807) is 0 Å². The Morgan fingerprint density at radius 3 is 3.17 bits per heavy atom. The second kappa shape index (κ2) is 6.59. The summed E-state index contributed by atoms with van der Waals surface area (Å²) in [5.74, 6) is 2.19. The lowest BCUT2D eigenvalue weighted by Gasteiger charge is -2.36. The predicted octanol–water partition coefficient (Wildman–Crippen LogP) is 2.11. The first-order chi connectivity index (χ1) is 8.70. The Kier molecular flexibility index (Phi) is 5.09. The molecule has 1 aliphatic rings. The van der Waals surface area contributed by atoms with Crippen LogP contribution in [0.25, 0.3) is 0 Å². The first-order valence-corrected chi connectivity index (χ1v) is 7.76. The number of nitrogens with zero attached hydrogens (tertiary/aromatic N) is 2. The number of thioether (sulfide) groups is 1. The van der Waals surface area contributed by atoms with Gasteiger partial charge in [-0.15, -0.1) is 0 Å². The zero-order chi connectivity index (χ0) is 13.0. The van der Waals surface area contributed by atoms with E-state index in [1.807, 2.05) is 0 Å². The van der Waals surface area contributed by atoms with Crippen molar-refractivity contribution in [1.29, 1.82) is 0 Å². The van der Waals surface area contributed by atoms with Gasteiger partial charge >= 0.3 is 0 Å². The van der Waals surface area contributed by atoms with Crippen LogP contribution >= 0.6 is 11.8 Å². The number of nitrogens with one attached hydrogen (secondary N) is 1. The minimum absolute atomic E-state index is 0.603. The molecule has 2 heterocycles. The summed E-state index contributed by atoms with van der Waals surface area (Å²) in [5.41, 5.74) is 0.999. The number of rotatable bonds is 5. The van der Waals surface area contributed by atoms with E-state index < -0.39 is 0 Å². The number of hydrogen-bond acceptors (Lipinski definition) is 5. The molecule has 1 aromatic rings. The highest BCUT2D eigenvalue weighted by Gasteiger charge is 2.25. The molecular weight excluding hydrogens is 246 g/mol. The molecule has 102 valence electrons. The summed E-state index contributed by atoms with van der Waals surface area (Å²) in [7, 11) is 0. The van der Waals surface area contributed by atoms with Crippen LogP contribution in [0, 0.1) is 0 Å². The Morgan fingerprint density at radius 1 is 1.56 bits per heavy atom. The second-order valence-corrected chi connectivity index (χ2v) is 6.34. The van der Waals surface area contributed by atoms with E-state index in [2.05, 4.69) is 54.0 Å². The molecule has 2 rings (SSSR count). The minimum Gasteiger partial charge on any atom is -0.360 e. The maximum Gasteiger partial charge on any atom is 0.151 e. The smallest absolute Gasteiger partial charge is 0.151 e. The van der Waals surface area contributed by atoms with E-state index >= 15 is 0 Å². The normalized spacial score (nSPS) is 25.5. The summed E-state index contributed by atoms with van der Waals surface area (Å²) < 4.78 is 5.41. The van der Waals surface area contributed by atoms with Crippen LogP contribution in [-0.4, -0.2) is 40.2 Å². The minimum atomic E-state index is 0.603. The average Bonchev–Trinajstić information content (AvgIpc) is 2.80. The fourth-order valence-electron chi connectivity index (χ4n) is 2.19. The van der Waals surface area contributed by atoms with E-state index in [4.69, 9.17) is 4.52 Å². The van der Waals surface area contributed by atoms with Crippen LogP contribution in [0.15, 0.2) is 10.6 Å². The van der Waals surface area contributed by atoms with Crippen LogP contribution in [0.3, 0.4) is 0 Å². The first-order valence-electron chi connectivity index (χ1n) is 6.71. The van der Waals surface area contributed by atoms with Crippen molar-refractivity contribution < 1.29 is 4.52 Å². The Hall–Kier alpha value is -0.520. The van der Waals surface area contributed by atoms with E-state index in [0.717, 1.165) is 37.6 Å². The molecule has 1 saturated heterocycles. The molecule has 0 spiro atoms. The molecule has 5 heteroatoms. The lowest BCUT2D eigenvalue weighted by molar-refractivity contribution is 0.181. The molecule has 0 aliphatic carbocycles. The van der Waals surface area contributed by atoms with Crippen molar-refractivity contribution in [2.45, 2.75) is 45.2 Å². The fraction of sp³-hybridized carbons (Fsp3) is 0.769. The van der Waals surface area contributed by atoms with Crippen LogP contribution in [-0.2, 0) is 13.1 Å². The molecular formula is C13H23N3OS. The average molecular weight is 269 g/mol. The maximum atomic E-state index is 5.41. The monoisotopic (exact) mass is 269 g/mol. The van der Waals surface area contributed by atoms with Crippen LogP contribution in [0.4, 0.5) is 0 Å². The van der Waals surface area contributed by atoms with E-state index in [-0.39, 0.29) is 0 Å². The molecule has 0 amide bonds. The van der Waals surface area contributed by atoms with Gasteiger partial charge in [-0.3, -0.25) is 4.90 Å². The molecule has 1 aromatic heterocycles. The van der Waals surface area contributed by atoms with Crippen molar-refractivity contribution in [1.82, 2.24) is 15.4 Å². The summed E-state index contributed by atoms with van der Waals surface area (Å²) in [6.07, 6.45) is 0. The quantitative estimate of drug-likeness (QED) is 0.886. The van der Waals surface area contributed by atoms with Crippen molar-refractivity contribution in [3.8, 4) is 0 Å². The summed E-state index contributed by atoms with van der Waals surface area (Å²) in [6.45, 7) is 10.5. The predicted molar refractivity (Wildman–Crippen MR) is 75.7 cm³/mol. The largest absolute Gasteiger partial charge is 0.360 e. The third-order valence-electron chi connectivity index (χ3n) is 3.54. The third kappa shape index (κ3) is 3.49. The SMILES string of the molecule is CCNCc1cc(CN2CCSC(C)C2C)on1. The summed E-state index contributed by atoms with van der Waals surface area (Å²) in [6, 6.07) is 2.67. The zero-order valence-electron chi connectivity index (χ0n) is 11.5. The third-order valence-corrected chi connectivity index (χ3v) is 4.88. The summed E-state index contributed by atoms with van der Waals surface area (Å²) in [4.78, 5) is 2.48. The van der Waals surface area contributed by atoms with Gasteiger partial charge in [0.2, 0.25) is 0 Å². The van der Waals surface area contributed by atoms with E-state index in [1.165, 1.54) is 5.75 Å². The fourth-order valence-corrected chi connectivity index (χ4v) is 3.35. The molecule has 1 fully saturated rings. The maximum absolute atomic E-state index is 5.41. The highest BCUT2D eigenvalue weighted by molar-refractivity contribution is 8.00. The molecule has 0 aromatic carbocycles. The topological polar surface area (TPSA) is 41.3 Å². The van der Waals surface area contributed by atoms with Gasteiger partial charge in [0.15, 0.2) is 5.76 Å². The second-order valence-electron chi connectivity index (χ2n) is 4.85. The molecule has 1 aliphatic heterocycles. The van der Waals surface area contributed by atoms with Gasteiger partial charge in [-0.2, -0.15) is 11.8 Å².